The Morgan fingerprint density at radius 1 is 1.26 bits per heavy atom. The van der Waals surface area contributed by atoms with Gasteiger partial charge in [-0.2, -0.15) is 13.2 Å². The van der Waals surface area contributed by atoms with Gasteiger partial charge in [-0.15, -0.1) is 35.3 Å². The van der Waals surface area contributed by atoms with Crippen LogP contribution in [0.1, 0.15) is 16.5 Å². The average Bonchev–Trinajstić information content (AvgIpc) is 3.23. The van der Waals surface area contributed by atoms with Gasteiger partial charge >= 0.3 is 6.18 Å². The number of rotatable bonds is 5. The molecule has 0 aliphatic rings. The highest BCUT2D eigenvalue weighted by molar-refractivity contribution is 14.0. The number of aliphatic imine (C=N–C) groups is 1. The molecule has 2 aromatic heterocycles. The van der Waals surface area contributed by atoms with Gasteiger partial charge in [-0.1, -0.05) is 18.2 Å². The molecule has 5 nitrogen and oxygen atoms in total. The third kappa shape index (κ3) is 5.83. The largest absolute Gasteiger partial charge is 0.461 e. The molecule has 2 heterocycles. The fourth-order valence-corrected chi connectivity index (χ4v) is 3.11. The number of thiazole rings is 1. The molecule has 3 rings (SSSR count). The normalized spacial score (nSPS) is 12.1. The van der Waals surface area contributed by atoms with Gasteiger partial charge in [0.1, 0.15) is 16.4 Å². The van der Waals surface area contributed by atoms with Crippen LogP contribution in [0.5, 0.6) is 0 Å². The van der Waals surface area contributed by atoms with Crippen LogP contribution in [0.3, 0.4) is 0 Å². The van der Waals surface area contributed by atoms with Gasteiger partial charge in [0, 0.05) is 30.8 Å². The molecule has 10 heteroatoms. The second kappa shape index (κ2) is 9.40. The maximum absolute atomic E-state index is 12.5. The van der Waals surface area contributed by atoms with Crippen LogP contribution >= 0.6 is 35.3 Å². The summed E-state index contributed by atoms with van der Waals surface area (Å²) in [6, 6.07) is 9.76. The van der Waals surface area contributed by atoms with Crippen molar-refractivity contribution in [3.63, 3.8) is 0 Å². The summed E-state index contributed by atoms with van der Waals surface area (Å²) in [5.41, 5.74) is -0.0265. The average molecular weight is 510 g/mol. The lowest BCUT2D eigenvalue weighted by Gasteiger charge is -2.10. The number of hydrogen-bond acceptors (Lipinski definition) is 4. The summed E-state index contributed by atoms with van der Waals surface area (Å²) < 4.78 is 43.4. The van der Waals surface area contributed by atoms with E-state index in [-0.39, 0.29) is 30.5 Å². The summed E-state index contributed by atoms with van der Waals surface area (Å²) >= 11 is 0.961. The Morgan fingerprint density at radius 3 is 2.70 bits per heavy atom. The molecule has 0 saturated carbocycles. The first-order chi connectivity index (χ1) is 12.5. The predicted molar refractivity (Wildman–Crippen MR) is 111 cm³/mol. The molecule has 3 aromatic rings. The highest BCUT2D eigenvalue weighted by atomic mass is 127. The highest BCUT2D eigenvalue weighted by Gasteiger charge is 2.33. The van der Waals surface area contributed by atoms with Crippen molar-refractivity contribution >= 4 is 52.2 Å². The fourth-order valence-electron chi connectivity index (χ4n) is 2.37. The highest BCUT2D eigenvalue weighted by Crippen LogP contribution is 2.29. The first-order valence-corrected chi connectivity index (χ1v) is 8.77. The molecule has 0 aliphatic carbocycles. The number of para-hydroxylation sites is 1. The molecular formula is C17H18F3IN4OS. The number of guanidine groups is 1. The summed E-state index contributed by atoms with van der Waals surface area (Å²) in [4.78, 5) is 7.62. The van der Waals surface area contributed by atoms with Crippen LogP contribution in [0.4, 0.5) is 13.2 Å². The molecule has 0 radical (unpaired) electrons. The van der Waals surface area contributed by atoms with Crippen LogP contribution in [0.25, 0.3) is 11.0 Å². The number of fused-ring (bicyclic) bond motifs is 1. The predicted octanol–water partition coefficient (Wildman–Crippen LogP) is 4.43. The third-order valence-electron chi connectivity index (χ3n) is 3.61. The first kappa shape index (κ1) is 21.5. The van der Waals surface area contributed by atoms with Gasteiger partial charge in [-0.05, 0) is 12.1 Å². The SMILES string of the molecule is CN=C(NCCc1cc2ccccc2o1)NCc1nc(C(F)(F)F)cs1.I. The molecule has 0 saturated heterocycles. The summed E-state index contributed by atoms with van der Waals surface area (Å²) in [6.07, 6.45) is -3.76. The van der Waals surface area contributed by atoms with E-state index >= 15 is 0 Å². The maximum atomic E-state index is 12.5. The first-order valence-electron chi connectivity index (χ1n) is 7.89. The minimum atomic E-state index is -4.42. The Labute approximate surface area is 175 Å². The molecule has 0 spiro atoms. The summed E-state index contributed by atoms with van der Waals surface area (Å²) in [7, 11) is 1.60. The summed E-state index contributed by atoms with van der Waals surface area (Å²) in [6.45, 7) is 0.746. The minimum Gasteiger partial charge on any atom is -0.461 e. The standard InChI is InChI=1S/C17H17F3N4OS.HI/c1-21-16(23-9-15-24-14(10-26-15)17(18,19)20)22-7-6-12-8-11-4-2-3-5-13(11)25-12;/h2-5,8,10H,6-7,9H2,1H3,(H2,21,22,23);1H. The third-order valence-corrected chi connectivity index (χ3v) is 4.46. The van der Waals surface area contributed by atoms with Gasteiger partial charge in [0.2, 0.25) is 0 Å². The maximum Gasteiger partial charge on any atom is 0.434 e. The van der Waals surface area contributed by atoms with E-state index in [2.05, 4.69) is 20.6 Å². The molecule has 0 aliphatic heterocycles. The van der Waals surface area contributed by atoms with Crippen LogP contribution < -0.4 is 10.6 Å². The van der Waals surface area contributed by atoms with Crippen molar-refractivity contribution in [3.05, 3.63) is 52.2 Å². The fraction of sp³-hybridized carbons (Fsp3) is 0.294. The van der Waals surface area contributed by atoms with Crippen LogP contribution in [0.2, 0.25) is 0 Å². The van der Waals surface area contributed by atoms with E-state index in [1.54, 1.807) is 7.05 Å². The molecule has 2 N–H and O–H groups in total. The number of aromatic nitrogens is 1. The zero-order valence-corrected chi connectivity index (χ0v) is 17.5. The number of alkyl halides is 3. The molecule has 0 unspecified atom stereocenters. The Hall–Kier alpha value is -1.82. The van der Waals surface area contributed by atoms with Crippen molar-refractivity contribution in [3.8, 4) is 0 Å². The lowest BCUT2D eigenvalue weighted by Crippen LogP contribution is -2.37. The van der Waals surface area contributed by atoms with Crippen molar-refractivity contribution < 1.29 is 17.6 Å². The number of furan rings is 1. The van der Waals surface area contributed by atoms with Crippen molar-refractivity contribution in [1.82, 2.24) is 15.6 Å². The van der Waals surface area contributed by atoms with Crippen molar-refractivity contribution in [2.75, 3.05) is 13.6 Å². The number of nitrogens with zero attached hydrogens (tertiary/aromatic N) is 2. The number of halogens is 4. The van der Waals surface area contributed by atoms with Crippen LogP contribution in [0, 0.1) is 0 Å². The van der Waals surface area contributed by atoms with E-state index < -0.39 is 11.9 Å². The van der Waals surface area contributed by atoms with E-state index in [0.29, 0.717) is 23.9 Å². The number of nitrogens with one attached hydrogen (secondary N) is 2. The van der Waals surface area contributed by atoms with Gasteiger partial charge in [0.15, 0.2) is 11.7 Å². The van der Waals surface area contributed by atoms with Crippen molar-refractivity contribution in [2.45, 2.75) is 19.1 Å². The topological polar surface area (TPSA) is 62.5 Å². The van der Waals surface area contributed by atoms with Gasteiger partial charge < -0.3 is 15.1 Å². The van der Waals surface area contributed by atoms with Crippen molar-refractivity contribution in [1.29, 1.82) is 0 Å². The smallest absolute Gasteiger partial charge is 0.434 e. The van der Waals surface area contributed by atoms with Crippen LogP contribution in [-0.4, -0.2) is 24.5 Å². The summed E-state index contributed by atoms with van der Waals surface area (Å²) in [5, 5.41) is 8.46. The van der Waals surface area contributed by atoms with Gasteiger partial charge in [-0.25, -0.2) is 4.98 Å². The molecule has 146 valence electrons. The van der Waals surface area contributed by atoms with E-state index in [1.165, 1.54) is 0 Å². The van der Waals surface area contributed by atoms with Crippen LogP contribution in [0.15, 0.2) is 45.1 Å². The van der Waals surface area contributed by atoms with E-state index in [0.717, 1.165) is 33.4 Å². The Balaban J connectivity index is 0.00000261. The van der Waals surface area contributed by atoms with Gasteiger partial charge in [-0.3, -0.25) is 4.99 Å². The lowest BCUT2D eigenvalue weighted by atomic mass is 10.2. The summed E-state index contributed by atoms with van der Waals surface area (Å²) in [5.74, 6) is 1.34. The van der Waals surface area contributed by atoms with Crippen LogP contribution in [-0.2, 0) is 19.1 Å². The Bertz CT molecular complexity index is 874. The molecule has 0 atom stereocenters. The zero-order valence-electron chi connectivity index (χ0n) is 14.3. The molecule has 0 amide bonds. The lowest BCUT2D eigenvalue weighted by molar-refractivity contribution is -0.140. The Kier molecular flexibility index (Phi) is 7.48. The quantitative estimate of drug-likeness (QED) is 0.303. The zero-order chi connectivity index (χ0) is 18.6. The number of hydrogen-bond donors (Lipinski definition) is 2. The molecule has 0 bridgehead atoms. The van der Waals surface area contributed by atoms with Crippen molar-refractivity contribution in [2.24, 2.45) is 4.99 Å². The van der Waals surface area contributed by atoms with E-state index in [1.807, 2.05) is 30.3 Å². The monoisotopic (exact) mass is 510 g/mol. The Morgan fingerprint density at radius 2 is 2.04 bits per heavy atom. The number of benzene rings is 1. The molecule has 0 fully saturated rings. The molecular weight excluding hydrogens is 492 g/mol. The van der Waals surface area contributed by atoms with E-state index in [4.69, 9.17) is 4.42 Å². The second-order valence-electron chi connectivity index (χ2n) is 5.48. The molecule has 1 aromatic carbocycles. The van der Waals surface area contributed by atoms with E-state index in [9.17, 15) is 13.2 Å². The molecule has 27 heavy (non-hydrogen) atoms. The second-order valence-corrected chi connectivity index (χ2v) is 6.42. The van der Waals surface area contributed by atoms with Gasteiger partial charge in [0.05, 0.1) is 6.54 Å². The minimum absolute atomic E-state index is 0. The van der Waals surface area contributed by atoms with Gasteiger partial charge in [0.25, 0.3) is 0 Å².